The molecule has 0 aliphatic carbocycles. The molecule has 0 aliphatic rings. The van der Waals surface area contributed by atoms with Crippen molar-refractivity contribution in [2.24, 2.45) is 0 Å². The third-order valence-electron chi connectivity index (χ3n) is 3.48. The summed E-state index contributed by atoms with van der Waals surface area (Å²) in [6.45, 7) is 3.72. The molecule has 0 aliphatic heterocycles. The average Bonchev–Trinajstić information content (AvgIpc) is 3.08. The first-order chi connectivity index (χ1) is 13.3. The van der Waals surface area contributed by atoms with E-state index in [0.717, 1.165) is 0 Å². The zero-order chi connectivity index (χ0) is 20.7. The standard InChI is InChI=1S/C17H19N3O6S2/c1-4-26-16(22)6-11-8-27-17(18-11)28-9-15(21)19-12-7-14(25-3)13(20(23)24)5-10(12)2/h5,7-8H,4,6,9H2,1-3H3,(H,19,21). The molecule has 1 heterocycles. The number of thiazole rings is 1. The number of thioether (sulfide) groups is 1. The van der Waals surface area contributed by atoms with Gasteiger partial charge < -0.3 is 14.8 Å². The highest BCUT2D eigenvalue weighted by atomic mass is 32.2. The van der Waals surface area contributed by atoms with Crippen LogP contribution in [-0.2, 0) is 20.7 Å². The summed E-state index contributed by atoms with van der Waals surface area (Å²) in [5.41, 5.74) is 1.43. The van der Waals surface area contributed by atoms with Crippen LogP contribution < -0.4 is 10.1 Å². The topological polar surface area (TPSA) is 121 Å². The lowest BCUT2D eigenvalue weighted by atomic mass is 10.1. The normalized spacial score (nSPS) is 10.4. The van der Waals surface area contributed by atoms with Crippen molar-refractivity contribution in [2.45, 2.75) is 24.6 Å². The first-order valence-corrected chi connectivity index (χ1v) is 10.1. The van der Waals surface area contributed by atoms with Crippen molar-refractivity contribution in [2.75, 3.05) is 24.8 Å². The van der Waals surface area contributed by atoms with E-state index in [1.165, 1.54) is 42.3 Å². The molecule has 1 N–H and O–H groups in total. The van der Waals surface area contributed by atoms with Crippen LogP contribution in [-0.4, -0.2) is 41.3 Å². The Morgan fingerprint density at radius 3 is 2.79 bits per heavy atom. The van der Waals surface area contributed by atoms with E-state index < -0.39 is 4.92 Å². The lowest BCUT2D eigenvalue weighted by Crippen LogP contribution is -2.15. The Kier molecular flexibility index (Phi) is 7.76. The van der Waals surface area contributed by atoms with Crippen LogP contribution in [0.15, 0.2) is 21.9 Å². The molecular formula is C17H19N3O6S2. The maximum absolute atomic E-state index is 12.2. The van der Waals surface area contributed by atoms with Gasteiger partial charge in [0.05, 0.1) is 36.5 Å². The van der Waals surface area contributed by atoms with E-state index in [9.17, 15) is 19.7 Å². The molecular weight excluding hydrogens is 406 g/mol. The third-order valence-corrected chi connectivity index (χ3v) is 5.55. The number of ether oxygens (including phenoxy) is 2. The number of benzene rings is 1. The number of nitrogens with one attached hydrogen (secondary N) is 1. The quantitative estimate of drug-likeness (QED) is 0.281. The van der Waals surface area contributed by atoms with Gasteiger partial charge in [-0.05, 0) is 19.4 Å². The Bertz CT molecular complexity index is 884. The smallest absolute Gasteiger partial charge is 0.311 e. The summed E-state index contributed by atoms with van der Waals surface area (Å²) in [6, 6.07) is 2.78. The Hall–Kier alpha value is -2.66. The molecule has 0 saturated carbocycles. The SMILES string of the molecule is CCOC(=O)Cc1csc(SCC(=O)Nc2cc(OC)c([N+](=O)[O-])cc2C)n1. The van der Waals surface area contributed by atoms with Crippen molar-refractivity contribution in [1.82, 2.24) is 4.98 Å². The zero-order valence-electron chi connectivity index (χ0n) is 15.5. The number of hydrogen-bond donors (Lipinski definition) is 1. The Labute approximate surface area is 169 Å². The van der Waals surface area contributed by atoms with E-state index >= 15 is 0 Å². The van der Waals surface area contributed by atoms with Gasteiger partial charge in [-0.15, -0.1) is 11.3 Å². The minimum atomic E-state index is -0.538. The second-order valence-electron chi connectivity index (χ2n) is 5.52. The predicted molar refractivity (Wildman–Crippen MR) is 106 cm³/mol. The molecule has 1 aromatic carbocycles. The van der Waals surface area contributed by atoms with Gasteiger partial charge >= 0.3 is 11.7 Å². The van der Waals surface area contributed by atoms with E-state index in [1.54, 1.807) is 19.2 Å². The summed E-state index contributed by atoms with van der Waals surface area (Å²) in [6.07, 6.45) is 0.0961. The van der Waals surface area contributed by atoms with Crippen molar-refractivity contribution >= 4 is 46.3 Å². The lowest BCUT2D eigenvalue weighted by Gasteiger charge is -2.10. The van der Waals surface area contributed by atoms with E-state index in [0.29, 0.717) is 27.9 Å². The van der Waals surface area contributed by atoms with Crippen molar-refractivity contribution in [3.8, 4) is 5.75 Å². The number of esters is 1. The number of methoxy groups -OCH3 is 1. The van der Waals surface area contributed by atoms with Gasteiger partial charge in [0.15, 0.2) is 10.1 Å². The Balaban J connectivity index is 1.95. The summed E-state index contributed by atoms with van der Waals surface area (Å²) >= 11 is 2.58. The minimum Gasteiger partial charge on any atom is -0.490 e. The number of nitro groups is 1. The Morgan fingerprint density at radius 1 is 1.39 bits per heavy atom. The van der Waals surface area contributed by atoms with Crippen LogP contribution in [0, 0.1) is 17.0 Å². The fourth-order valence-corrected chi connectivity index (χ4v) is 3.87. The summed E-state index contributed by atoms with van der Waals surface area (Å²) < 4.78 is 10.6. The summed E-state index contributed by atoms with van der Waals surface area (Å²) in [5, 5.41) is 15.5. The molecule has 0 atom stereocenters. The molecule has 1 aromatic heterocycles. The van der Waals surface area contributed by atoms with Crippen LogP contribution in [0.2, 0.25) is 0 Å². The van der Waals surface area contributed by atoms with Gasteiger partial charge in [-0.2, -0.15) is 0 Å². The molecule has 0 bridgehead atoms. The molecule has 0 spiro atoms. The lowest BCUT2D eigenvalue weighted by molar-refractivity contribution is -0.385. The summed E-state index contributed by atoms with van der Waals surface area (Å²) in [5.74, 6) is -0.455. The van der Waals surface area contributed by atoms with E-state index in [2.05, 4.69) is 10.3 Å². The van der Waals surface area contributed by atoms with Crippen LogP contribution in [0.4, 0.5) is 11.4 Å². The average molecular weight is 425 g/mol. The molecule has 0 radical (unpaired) electrons. The van der Waals surface area contributed by atoms with E-state index in [-0.39, 0.29) is 35.5 Å². The van der Waals surface area contributed by atoms with E-state index in [4.69, 9.17) is 9.47 Å². The fraction of sp³-hybridized carbons (Fsp3) is 0.353. The molecule has 11 heteroatoms. The number of aromatic nitrogens is 1. The highest BCUT2D eigenvalue weighted by Gasteiger charge is 2.18. The molecule has 0 unspecified atom stereocenters. The fourth-order valence-electron chi connectivity index (χ4n) is 2.22. The Morgan fingerprint density at radius 2 is 2.14 bits per heavy atom. The van der Waals surface area contributed by atoms with Gasteiger partial charge in [0.25, 0.3) is 0 Å². The predicted octanol–water partition coefficient (Wildman–Crippen LogP) is 3.20. The molecule has 1 amide bonds. The van der Waals surface area contributed by atoms with Gasteiger partial charge in [-0.1, -0.05) is 11.8 Å². The van der Waals surface area contributed by atoms with Crippen molar-refractivity contribution < 1.29 is 24.0 Å². The maximum Gasteiger partial charge on any atom is 0.311 e. The van der Waals surface area contributed by atoms with E-state index in [1.807, 2.05) is 0 Å². The largest absolute Gasteiger partial charge is 0.490 e. The molecule has 0 saturated heterocycles. The second kappa shape index (κ2) is 10.0. The number of nitrogens with zero attached hydrogens (tertiary/aromatic N) is 2. The van der Waals surface area contributed by atoms with Crippen molar-refractivity contribution in [3.63, 3.8) is 0 Å². The number of amides is 1. The molecule has 28 heavy (non-hydrogen) atoms. The van der Waals surface area contributed by atoms with Gasteiger partial charge in [-0.25, -0.2) is 4.98 Å². The maximum atomic E-state index is 12.2. The number of aryl methyl sites for hydroxylation is 1. The summed E-state index contributed by atoms with van der Waals surface area (Å²) in [7, 11) is 1.33. The van der Waals surface area contributed by atoms with Gasteiger partial charge in [0.2, 0.25) is 5.91 Å². The van der Waals surface area contributed by atoms with Gasteiger partial charge in [0.1, 0.15) is 0 Å². The minimum absolute atomic E-state index is 0.0714. The molecule has 0 fully saturated rings. The van der Waals surface area contributed by atoms with Crippen LogP contribution in [0.3, 0.4) is 0 Å². The molecule has 150 valence electrons. The number of carbonyl (C=O) groups excluding carboxylic acids is 2. The molecule has 2 aromatic rings. The molecule has 2 rings (SSSR count). The summed E-state index contributed by atoms with van der Waals surface area (Å²) in [4.78, 5) is 38.5. The number of rotatable bonds is 9. The zero-order valence-corrected chi connectivity index (χ0v) is 17.1. The monoisotopic (exact) mass is 425 g/mol. The van der Waals surface area contributed by atoms with Crippen molar-refractivity contribution in [1.29, 1.82) is 0 Å². The number of anilines is 1. The van der Waals surface area contributed by atoms with Gasteiger partial charge in [-0.3, -0.25) is 19.7 Å². The van der Waals surface area contributed by atoms with Crippen LogP contribution in [0.25, 0.3) is 0 Å². The van der Waals surface area contributed by atoms with Crippen LogP contribution >= 0.6 is 23.1 Å². The van der Waals surface area contributed by atoms with Crippen LogP contribution in [0.5, 0.6) is 5.75 Å². The van der Waals surface area contributed by atoms with Gasteiger partial charge in [0, 0.05) is 23.2 Å². The number of nitro benzene ring substituents is 1. The van der Waals surface area contributed by atoms with Crippen molar-refractivity contribution in [3.05, 3.63) is 38.9 Å². The third kappa shape index (κ3) is 5.92. The number of hydrogen-bond acceptors (Lipinski definition) is 9. The molecule has 9 nitrogen and oxygen atoms in total. The number of carbonyl (C=O) groups is 2. The first kappa shape index (κ1) is 21.6. The second-order valence-corrected chi connectivity index (χ2v) is 7.60. The first-order valence-electron chi connectivity index (χ1n) is 8.19. The van der Waals surface area contributed by atoms with Crippen LogP contribution in [0.1, 0.15) is 18.2 Å². The highest BCUT2D eigenvalue weighted by Crippen LogP contribution is 2.33. The highest BCUT2D eigenvalue weighted by molar-refractivity contribution is 8.01.